The van der Waals surface area contributed by atoms with Crippen molar-refractivity contribution in [2.24, 2.45) is 0 Å². The molecule has 2 saturated heterocycles. The largest absolute Gasteiger partial charge is 0.367 e. The Morgan fingerprint density at radius 1 is 1.21 bits per heavy atom. The summed E-state index contributed by atoms with van der Waals surface area (Å²) in [4.78, 5) is 16.4. The molecule has 0 aromatic heterocycles. The lowest BCUT2D eigenvalue weighted by atomic mass is 10.2. The van der Waals surface area contributed by atoms with E-state index in [1.165, 1.54) is 11.8 Å². The summed E-state index contributed by atoms with van der Waals surface area (Å²) in [5.74, 6) is 0.940. The zero-order valence-electron chi connectivity index (χ0n) is 13.4. The highest BCUT2D eigenvalue weighted by Crippen LogP contribution is 2.27. The van der Waals surface area contributed by atoms with Gasteiger partial charge in [0.2, 0.25) is 5.91 Å². The van der Waals surface area contributed by atoms with Crippen LogP contribution in [0, 0.1) is 0 Å². The monoisotopic (exact) mass is 388 g/mol. The van der Waals surface area contributed by atoms with Crippen LogP contribution in [0.25, 0.3) is 0 Å². The van der Waals surface area contributed by atoms with Gasteiger partial charge in [-0.15, -0.1) is 11.8 Å². The molecule has 0 saturated carbocycles. The molecule has 1 aromatic rings. The first-order valence-electron chi connectivity index (χ1n) is 8.04. The van der Waals surface area contributed by atoms with Crippen LogP contribution in [-0.4, -0.2) is 67.9 Å². The second-order valence-electron chi connectivity index (χ2n) is 6.16. The van der Waals surface area contributed by atoms with Crippen LogP contribution in [0.4, 0.5) is 5.69 Å². The number of rotatable bonds is 4. The lowest BCUT2D eigenvalue weighted by Gasteiger charge is -2.36. The molecule has 132 valence electrons. The number of nitrogens with zero attached hydrogens (tertiary/aromatic N) is 2. The zero-order valence-corrected chi connectivity index (χ0v) is 15.7. The molecule has 2 aliphatic rings. The number of halogens is 1. The molecule has 3 rings (SSSR count). The van der Waals surface area contributed by atoms with E-state index < -0.39 is 9.84 Å². The molecule has 5 nitrogen and oxygen atoms in total. The summed E-state index contributed by atoms with van der Waals surface area (Å²) in [6.45, 7) is 2.87. The van der Waals surface area contributed by atoms with Gasteiger partial charge < -0.3 is 9.80 Å². The summed E-state index contributed by atoms with van der Waals surface area (Å²) < 4.78 is 22.9. The van der Waals surface area contributed by atoms with Crippen molar-refractivity contribution in [3.63, 3.8) is 0 Å². The van der Waals surface area contributed by atoms with E-state index in [0.29, 0.717) is 25.3 Å². The lowest BCUT2D eigenvalue weighted by Crippen LogP contribution is -2.49. The van der Waals surface area contributed by atoms with Crippen molar-refractivity contribution in [3.8, 4) is 0 Å². The van der Waals surface area contributed by atoms with E-state index >= 15 is 0 Å². The molecule has 0 aliphatic carbocycles. The summed E-state index contributed by atoms with van der Waals surface area (Å²) in [5, 5.41) is 0.804. The number of sulfone groups is 1. The van der Waals surface area contributed by atoms with Crippen LogP contribution in [0.3, 0.4) is 0 Å². The van der Waals surface area contributed by atoms with Gasteiger partial charge in [-0.05, 0) is 18.6 Å². The molecular formula is C16H21ClN2O3S2. The highest BCUT2D eigenvalue weighted by atomic mass is 35.5. The van der Waals surface area contributed by atoms with Gasteiger partial charge in [0.15, 0.2) is 9.84 Å². The summed E-state index contributed by atoms with van der Waals surface area (Å²) in [5.41, 5.74) is 1.01. The minimum Gasteiger partial charge on any atom is -0.367 e. The van der Waals surface area contributed by atoms with Crippen molar-refractivity contribution in [1.29, 1.82) is 0 Å². The van der Waals surface area contributed by atoms with Crippen molar-refractivity contribution < 1.29 is 13.2 Å². The smallest absolute Gasteiger partial charge is 0.232 e. The molecule has 0 bridgehead atoms. The van der Waals surface area contributed by atoms with Gasteiger partial charge in [-0.3, -0.25) is 4.79 Å². The summed E-state index contributed by atoms with van der Waals surface area (Å²) in [6, 6.07) is 7.74. The first-order chi connectivity index (χ1) is 11.4. The molecule has 0 unspecified atom stereocenters. The van der Waals surface area contributed by atoms with Crippen molar-refractivity contribution in [1.82, 2.24) is 4.90 Å². The highest BCUT2D eigenvalue weighted by Gasteiger charge is 2.29. The first-order valence-corrected chi connectivity index (χ1v) is 11.3. The van der Waals surface area contributed by atoms with Gasteiger partial charge in [-0.25, -0.2) is 8.42 Å². The number of para-hydroxylation sites is 1. The topological polar surface area (TPSA) is 57.7 Å². The minimum absolute atomic E-state index is 0.0726. The molecular weight excluding hydrogens is 368 g/mol. The molecule has 1 atom stereocenters. The number of carbonyl (C=O) groups is 1. The van der Waals surface area contributed by atoms with Crippen LogP contribution < -0.4 is 4.90 Å². The second-order valence-corrected chi connectivity index (χ2v) is 10.1. The molecule has 24 heavy (non-hydrogen) atoms. The van der Waals surface area contributed by atoms with E-state index in [1.807, 2.05) is 29.2 Å². The summed E-state index contributed by atoms with van der Waals surface area (Å²) in [6.07, 6.45) is 0.667. The van der Waals surface area contributed by atoms with Gasteiger partial charge in [0.1, 0.15) is 0 Å². The van der Waals surface area contributed by atoms with Crippen LogP contribution in [-0.2, 0) is 14.6 Å². The van der Waals surface area contributed by atoms with Crippen molar-refractivity contribution >= 4 is 44.8 Å². The molecule has 2 heterocycles. The molecule has 1 amide bonds. The third kappa shape index (κ3) is 4.37. The van der Waals surface area contributed by atoms with Gasteiger partial charge in [0.05, 0.1) is 28.0 Å². The van der Waals surface area contributed by atoms with Crippen LogP contribution >= 0.6 is 23.4 Å². The third-order valence-electron chi connectivity index (χ3n) is 4.46. The Morgan fingerprint density at radius 3 is 2.54 bits per heavy atom. The number of anilines is 1. The maximum atomic E-state index is 12.3. The Morgan fingerprint density at radius 2 is 1.92 bits per heavy atom. The Kier molecular flexibility index (Phi) is 5.62. The van der Waals surface area contributed by atoms with E-state index in [9.17, 15) is 13.2 Å². The second kappa shape index (κ2) is 7.54. The fourth-order valence-electron chi connectivity index (χ4n) is 3.08. The maximum Gasteiger partial charge on any atom is 0.232 e. The van der Waals surface area contributed by atoms with Gasteiger partial charge in [0.25, 0.3) is 0 Å². The van der Waals surface area contributed by atoms with Gasteiger partial charge in [-0.1, -0.05) is 23.7 Å². The van der Waals surface area contributed by atoms with E-state index in [1.54, 1.807) is 0 Å². The van der Waals surface area contributed by atoms with Crippen molar-refractivity contribution in [3.05, 3.63) is 29.3 Å². The number of hydrogen-bond acceptors (Lipinski definition) is 5. The van der Waals surface area contributed by atoms with Crippen molar-refractivity contribution in [2.75, 3.05) is 48.3 Å². The number of hydrogen-bond donors (Lipinski definition) is 0. The minimum atomic E-state index is -2.88. The number of piperazine rings is 1. The van der Waals surface area contributed by atoms with Crippen LogP contribution in [0.1, 0.15) is 6.42 Å². The molecule has 8 heteroatoms. The molecule has 2 aliphatic heterocycles. The Labute approximate surface area is 152 Å². The highest BCUT2D eigenvalue weighted by molar-refractivity contribution is 8.02. The van der Waals surface area contributed by atoms with E-state index in [2.05, 4.69) is 4.90 Å². The number of amides is 1. The van der Waals surface area contributed by atoms with E-state index in [0.717, 1.165) is 23.8 Å². The molecule has 0 spiro atoms. The summed E-state index contributed by atoms with van der Waals surface area (Å²) in [7, 11) is -2.88. The fourth-order valence-corrected chi connectivity index (χ4v) is 6.88. The fraction of sp³-hybridized carbons (Fsp3) is 0.562. The molecule has 0 radical (unpaired) electrons. The van der Waals surface area contributed by atoms with Crippen LogP contribution in [0.5, 0.6) is 0 Å². The third-order valence-corrected chi connectivity index (χ3v) is 8.04. The van der Waals surface area contributed by atoms with Crippen LogP contribution in [0.2, 0.25) is 5.02 Å². The number of thioether (sulfide) groups is 1. The first kappa shape index (κ1) is 17.9. The van der Waals surface area contributed by atoms with E-state index in [-0.39, 0.29) is 22.7 Å². The predicted octanol–water partition coefficient (Wildman–Crippen LogP) is 1.91. The molecule has 1 aromatic carbocycles. The Bertz CT molecular complexity index is 703. The zero-order chi connectivity index (χ0) is 17.2. The quantitative estimate of drug-likeness (QED) is 0.788. The molecule has 0 N–H and O–H groups in total. The number of benzene rings is 1. The average molecular weight is 389 g/mol. The number of carbonyl (C=O) groups excluding carboxylic acids is 1. The standard InChI is InChI=1S/C16H21ClN2O3S2/c17-14-3-1-2-4-15(14)18-6-8-19(9-7-18)16(20)11-23-13-5-10-24(21,22)12-13/h1-4,13H,5-12H2/t13-/m0/s1. The van der Waals surface area contributed by atoms with Gasteiger partial charge in [0, 0.05) is 31.4 Å². The average Bonchev–Trinajstić information content (AvgIpc) is 2.92. The SMILES string of the molecule is O=C(CS[C@H]1CCS(=O)(=O)C1)N1CCN(c2ccccc2Cl)CC1. The van der Waals surface area contributed by atoms with Crippen molar-refractivity contribution in [2.45, 2.75) is 11.7 Å². The predicted molar refractivity (Wildman–Crippen MR) is 99.8 cm³/mol. The van der Waals surface area contributed by atoms with E-state index in [4.69, 9.17) is 11.6 Å². The lowest BCUT2D eigenvalue weighted by molar-refractivity contribution is -0.128. The molecule has 2 fully saturated rings. The Balaban J connectivity index is 1.46. The normalized spacial score (nSPS) is 23.5. The van der Waals surface area contributed by atoms with Crippen LogP contribution in [0.15, 0.2) is 24.3 Å². The van der Waals surface area contributed by atoms with Gasteiger partial charge in [-0.2, -0.15) is 0 Å². The Hall–Kier alpha value is -0.920. The van der Waals surface area contributed by atoms with Gasteiger partial charge >= 0.3 is 0 Å². The maximum absolute atomic E-state index is 12.3. The summed E-state index contributed by atoms with van der Waals surface area (Å²) >= 11 is 7.71.